The summed E-state index contributed by atoms with van der Waals surface area (Å²) in [6.07, 6.45) is 1.06. The minimum atomic E-state index is 0. The first-order valence-electron chi connectivity index (χ1n) is 5.17. The molecule has 0 fully saturated rings. The van der Waals surface area contributed by atoms with E-state index in [4.69, 9.17) is 0 Å². The number of Topliss-reactive ketones (excluding diaryl/α,β-unsaturated/α-hetero) is 1. The van der Waals surface area contributed by atoms with Crippen LogP contribution in [0.2, 0.25) is 0 Å². The molecule has 0 bridgehead atoms. The quantitative estimate of drug-likeness (QED) is 0.802. The van der Waals surface area contributed by atoms with Crippen LogP contribution in [0.1, 0.15) is 29.3 Å². The molecule has 1 N–H and O–H groups in total. The van der Waals surface area contributed by atoms with Crippen molar-refractivity contribution in [2.45, 2.75) is 13.3 Å². The summed E-state index contributed by atoms with van der Waals surface area (Å²) in [6.45, 7) is 3.36. The normalized spacial score (nSPS) is 14.4. The van der Waals surface area contributed by atoms with Crippen LogP contribution in [0.4, 0.5) is 0 Å². The molecular weight excluding hydrogens is 224 g/mol. The van der Waals surface area contributed by atoms with Crippen molar-refractivity contribution in [1.82, 2.24) is 5.32 Å². The van der Waals surface area contributed by atoms with Gasteiger partial charge in [0.25, 0.3) is 0 Å². The van der Waals surface area contributed by atoms with Crippen LogP contribution < -0.4 is 5.32 Å². The summed E-state index contributed by atoms with van der Waals surface area (Å²) >= 11 is 0. The molecule has 0 spiro atoms. The SMILES string of the molecule is CC(=O)c1ccccc1C1=NCCCN1.Cl. The van der Waals surface area contributed by atoms with Crippen molar-refractivity contribution in [1.29, 1.82) is 0 Å². The fourth-order valence-corrected chi connectivity index (χ4v) is 1.71. The number of halogens is 1. The van der Waals surface area contributed by atoms with Gasteiger partial charge in [0.15, 0.2) is 5.78 Å². The van der Waals surface area contributed by atoms with Gasteiger partial charge in [-0.05, 0) is 13.3 Å². The Morgan fingerprint density at radius 1 is 1.38 bits per heavy atom. The lowest BCUT2D eigenvalue weighted by atomic mass is 10.0. The summed E-state index contributed by atoms with van der Waals surface area (Å²) in [5, 5.41) is 3.23. The Labute approximate surface area is 101 Å². The standard InChI is InChI=1S/C12H14N2O.ClH/c1-9(15)10-5-2-3-6-11(10)12-13-7-4-8-14-12;/h2-3,5-6H,4,7-8H2,1H3,(H,13,14);1H. The van der Waals surface area contributed by atoms with E-state index >= 15 is 0 Å². The highest BCUT2D eigenvalue weighted by molar-refractivity contribution is 6.09. The minimum Gasteiger partial charge on any atom is -0.370 e. The van der Waals surface area contributed by atoms with Gasteiger partial charge < -0.3 is 5.32 Å². The van der Waals surface area contributed by atoms with Crippen LogP contribution in [-0.4, -0.2) is 24.7 Å². The lowest BCUT2D eigenvalue weighted by molar-refractivity contribution is 0.101. The topological polar surface area (TPSA) is 41.5 Å². The number of benzene rings is 1. The highest BCUT2D eigenvalue weighted by atomic mass is 35.5. The van der Waals surface area contributed by atoms with Gasteiger partial charge >= 0.3 is 0 Å². The predicted octanol–water partition coefficient (Wildman–Crippen LogP) is 2.05. The van der Waals surface area contributed by atoms with Crippen LogP contribution in [0.5, 0.6) is 0 Å². The maximum Gasteiger partial charge on any atom is 0.160 e. The third-order valence-electron chi connectivity index (χ3n) is 2.46. The van der Waals surface area contributed by atoms with E-state index in [-0.39, 0.29) is 18.2 Å². The summed E-state index contributed by atoms with van der Waals surface area (Å²) in [4.78, 5) is 15.8. The Morgan fingerprint density at radius 3 is 2.75 bits per heavy atom. The molecule has 0 saturated heterocycles. The molecule has 2 rings (SSSR count). The van der Waals surface area contributed by atoms with Gasteiger partial charge in [-0.3, -0.25) is 9.79 Å². The van der Waals surface area contributed by atoms with Crippen molar-refractivity contribution in [3.8, 4) is 0 Å². The van der Waals surface area contributed by atoms with Gasteiger partial charge in [0.1, 0.15) is 5.84 Å². The molecule has 4 heteroatoms. The summed E-state index contributed by atoms with van der Waals surface area (Å²) in [5.74, 6) is 0.938. The molecule has 86 valence electrons. The highest BCUT2D eigenvalue weighted by Gasteiger charge is 2.13. The molecule has 1 aliphatic heterocycles. The van der Waals surface area contributed by atoms with Crippen molar-refractivity contribution in [3.05, 3.63) is 35.4 Å². The molecule has 1 aliphatic rings. The van der Waals surface area contributed by atoms with Crippen molar-refractivity contribution < 1.29 is 4.79 Å². The molecular formula is C12H15ClN2O. The van der Waals surface area contributed by atoms with Gasteiger partial charge in [-0.25, -0.2) is 0 Å². The van der Waals surface area contributed by atoms with E-state index in [0.29, 0.717) is 0 Å². The van der Waals surface area contributed by atoms with Crippen LogP contribution in [0, 0.1) is 0 Å². The molecule has 0 aliphatic carbocycles. The van der Waals surface area contributed by atoms with E-state index in [1.807, 2.05) is 24.3 Å². The first kappa shape index (κ1) is 12.7. The van der Waals surface area contributed by atoms with Crippen molar-refractivity contribution in [2.75, 3.05) is 13.1 Å². The smallest absolute Gasteiger partial charge is 0.160 e. The second-order valence-corrected chi connectivity index (χ2v) is 3.61. The van der Waals surface area contributed by atoms with Crippen LogP contribution in [0.15, 0.2) is 29.3 Å². The largest absolute Gasteiger partial charge is 0.370 e. The summed E-state index contributed by atoms with van der Waals surface area (Å²) in [7, 11) is 0. The molecule has 3 nitrogen and oxygen atoms in total. The number of carbonyl (C=O) groups excluding carboxylic acids is 1. The maximum absolute atomic E-state index is 11.4. The zero-order chi connectivity index (χ0) is 10.7. The number of nitrogens with one attached hydrogen (secondary N) is 1. The van der Waals surface area contributed by atoms with Crippen molar-refractivity contribution in [3.63, 3.8) is 0 Å². The molecule has 1 heterocycles. The summed E-state index contributed by atoms with van der Waals surface area (Å²) in [6, 6.07) is 7.59. The lowest BCUT2D eigenvalue weighted by Crippen LogP contribution is -2.31. The zero-order valence-electron chi connectivity index (χ0n) is 9.19. The first-order valence-corrected chi connectivity index (χ1v) is 5.17. The Bertz CT molecular complexity index is 415. The van der Waals surface area contributed by atoms with E-state index in [1.54, 1.807) is 6.92 Å². The van der Waals surface area contributed by atoms with Crippen molar-refractivity contribution in [2.24, 2.45) is 4.99 Å². The van der Waals surface area contributed by atoms with E-state index in [2.05, 4.69) is 10.3 Å². The van der Waals surface area contributed by atoms with Crippen LogP contribution >= 0.6 is 12.4 Å². The van der Waals surface area contributed by atoms with Gasteiger partial charge in [-0.2, -0.15) is 0 Å². The number of hydrogen-bond acceptors (Lipinski definition) is 3. The fourth-order valence-electron chi connectivity index (χ4n) is 1.71. The van der Waals surface area contributed by atoms with E-state index in [1.165, 1.54) is 0 Å². The number of ketones is 1. The van der Waals surface area contributed by atoms with Crippen LogP contribution in [-0.2, 0) is 0 Å². The molecule has 0 radical (unpaired) electrons. The Hall–Kier alpha value is -1.35. The van der Waals surface area contributed by atoms with Crippen LogP contribution in [0.25, 0.3) is 0 Å². The predicted molar refractivity (Wildman–Crippen MR) is 67.7 cm³/mol. The molecule has 0 aromatic heterocycles. The van der Waals surface area contributed by atoms with E-state index in [9.17, 15) is 4.79 Å². The molecule has 16 heavy (non-hydrogen) atoms. The molecule has 0 amide bonds. The number of aliphatic imine (C=N–C) groups is 1. The highest BCUT2D eigenvalue weighted by Crippen LogP contribution is 2.11. The zero-order valence-corrected chi connectivity index (χ0v) is 10.0. The molecule has 0 atom stereocenters. The van der Waals surface area contributed by atoms with E-state index < -0.39 is 0 Å². The summed E-state index contributed by atoms with van der Waals surface area (Å²) in [5.41, 5.74) is 1.66. The molecule has 0 unspecified atom stereocenters. The average molecular weight is 239 g/mol. The molecule has 1 aromatic carbocycles. The second kappa shape index (κ2) is 5.66. The number of amidine groups is 1. The minimum absolute atomic E-state index is 0. The van der Waals surface area contributed by atoms with Crippen LogP contribution in [0.3, 0.4) is 0 Å². The van der Waals surface area contributed by atoms with Gasteiger partial charge in [-0.15, -0.1) is 12.4 Å². The number of hydrogen-bond donors (Lipinski definition) is 1. The van der Waals surface area contributed by atoms with E-state index in [0.717, 1.165) is 36.5 Å². The van der Waals surface area contributed by atoms with Gasteiger partial charge in [-0.1, -0.05) is 24.3 Å². The third-order valence-corrected chi connectivity index (χ3v) is 2.46. The summed E-state index contributed by atoms with van der Waals surface area (Å²) < 4.78 is 0. The first-order chi connectivity index (χ1) is 7.29. The number of rotatable bonds is 2. The number of carbonyl (C=O) groups is 1. The van der Waals surface area contributed by atoms with Gasteiger partial charge in [0.2, 0.25) is 0 Å². The molecule has 1 aromatic rings. The third kappa shape index (κ3) is 2.61. The molecule has 0 saturated carbocycles. The average Bonchev–Trinajstić information content (AvgIpc) is 2.30. The van der Waals surface area contributed by atoms with Crippen molar-refractivity contribution >= 4 is 24.0 Å². The Kier molecular flexibility index (Phi) is 4.50. The number of nitrogens with zero attached hydrogens (tertiary/aromatic N) is 1. The lowest BCUT2D eigenvalue weighted by Gasteiger charge is -2.16. The monoisotopic (exact) mass is 238 g/mol. The Morgan fingerprint density at radius 2 is 2.12 bits per heavy atom. The maximum atomic E-state index is 11.4. The van der Waals surface area contributed by atoms with Gasteiger partial charge in [0.05, 0.1) is 0 Å². The second-order valence-electron chi connectivity index (χ2n) is 3.61. The Balaban J connectivity index is 0.00000128. The van der Waals surface area contributed by atoms with Gasteiger partial charge in [0, 0.05) is 24.2 Å². The fraction of sp³-hybridized carbons (Fsp3) is 0.333.